The minimum Gasteiger partial charge on any atom is -0.497 e. The third-order valence-electron chi connectivity index (χ3n) is 4.49. The topological polar surface area (TPSA) is 59.1 Å². The summed E-state index contributed by atoms with van der Waals surface area (Å²) >= 11 is 0. The van der Waals surface area contributed by atoms with E-state index < -0.39 is 0 Å². The number of rotatable bonds is 8. The van der Waals surface area contributed by atoms with Gasteiger partial charge in [0, 0.05) is 25.6 Å². The van der Waals surface area contributed by atoms with Crippen LogP contribution >= 0.6 is 0 Å². The molecule has 0 fully saturated rings. The summed E-state index contributed by atoms with van der Waals surface area (Å²) in [6.07, 6.45) is 0. The Morgan fingerprint density at radius 2 is 1.68 bits per heavy atom. The van der Waals surface area contributed by atoms with E-state index >= 15 is 0 Å². The van der Waals surface area contributed by atoms with Crippen LogP contribution in [-0.2, 0) is 16.1 Å². The van der Waals surface area contributed by atoms with Gasteiger partial charge in [0.05, 0.1) is 19.9 Å². The van der Waals surface area contributed by atoms with Gasteiger partial charge in [0.2, 0.25) is 11.8 Å². The smallest absolute Gasteiger partial charge is 0.243 e. The zero-order valence-corrected chi connectivity index (χ0v) is 17.1. The number of methoxy groups -OCH3 is 2. The normalized spacial score (nSPS) is 10.5. The summed E-state index contributed by atoms with van der Waals surface area (Å²) < 4.78 is 10.6. The van der Waals surface area contributed by atoms with Crippen molar-refractivity contribution in [1.82, 2.24) is 4.90 Å². The molecular weight excluding hydrogens is 356 g/mol. The summed E-state index contributed by atoms with van der Waals surface area (Å²) in [5.41, 5.74) is 1.58. The van der Waals surface area contributed by atoms with Gasteiger partial charge < -0.3 is 14.4 Å². The molecule has 0 aromatic heterocycles. The van der Waals surface area contributed by atoms with E-state index in [1.807, 2.05) is 44.2 Å². The lowest BCUT2D eigenvalue weighted by Gasteiger charge is -2.30. The third kappa shape index (κ3) is 5.25. The molecule has 2 amide bonds. The van der Waals surface area contributed by atoms with Crippen molar-refractivity contribution in [3.05, 3.63) is 54.1 Å². The maximum absolute atomic E-state index is 13.1. The number of hydrogen-bond acceptors (Lipinski definition) is 4. The fourth-order valence-electron chi connectivity index (χ4n) is 2.94. The van der Waals surface area contributed by atoms with Gasteiger partial charge in [-0.25, -0.2) is 0 Å². The second-order valence-electron chi connectivity index (χ2n) is 6.74. The molecule has 0 radical (unpaired) electrons. The van der Waals surface area contributed by atoms with Gasteiger partial charge in [0.25, 0.3) is 0 Å². The van der Waals surface area contributed by atoms with Gasteiger partial charge in [0.1, 0.15) is 18.0 Å². The SMILES string of the molecule is COc1ccc(N(CC(=O)N(Cc2ccccc2)C(C)C)C(C)=O)c(OC)c1. The molecule has 0 saturated carbocycles. The van der Waals surface area contributed by atoms with Crippen LogP contribution in [0.25, 0.3) is 0 Å². The molecule has 28 heavy (non-hydrogen) atoms. The molecule has 0 bridgehead atoms. The molecule has 6 heteroatoms. The maximum Gasteiger partial charge on any atom is 0.243 e. The van der Waals surface area contributed by atoms with Crippen LogP contribution in [0.15, 0.2) is 48.5 Å². The van der Waals surface area contributed by atoms with E-state index in [0.29, 0.717) is 23.7 Å². The Labute approximate surface area is 166 Å². The second kappa shape index (κ2) is 9.78. The average Bonchev–Trinajstić information content (AvgIpc) is 2.70. The molecular formula is C22H28N2O4. The highest BCUT2D eigenvalue weighted by molar-refractivity contribution is 5.98. The van der Waals surface area contributed by atoms with Crippen LogP contribution in [0.5, 0.6) is 11.5 Å². The molecule has 0 aliphatic heterocycles. The molecule has 2 rings (SSSR count). The summed E-state index contributed by atoms with van der Waals surface area (Å²) in [7, 11) is 3.08. The highest BCUT2D eigenvalue weighted by Gasteiger charge is 2.24. The molecule has 0 aliphatic rings. The Kier molecular flexibility index (Phi) is 7.44. The Bertz CT molecular complexity index is 805. The minimum absolute atomic E-state index is 0.000669. The molecule has 0 unspecified atom stereocenters. The van der Waals surface area contributed by atoms with E-state index in [9.17, 15) is 9.59 Å². The van der Waals surface area contributed by atoms with Gasteiger partial charge in [0.15, 0.2) is 0 Å². The number of carbonyl (C=O) groups is 2. The Morgan fingerprint density at radius 1 is 1.00 bits per heavy atom. The van der Waals surface area contributed by atoms with E-state index in [4.69, 9.17) is 9.47 Å². The molecule has 0 atom stereocenters. The van der Waals surface area contributed by atoms with Crippen LogP contribution in [-0.4, -0.2) is 43.5 Å². The van der Waals surface area contributed by atoms with Gasteiger partial charge in [-0.1, -0.05) is 30.3 Å². The fraction of sp³-hybridized carbons (Fsp3) is 0.364. The largest absolute Gasteiger partial charge is 0.497 e. The Morgan fingerprint density at radius 3 is 2.21 bits per heavy atom. The van der Waals surface area contributed by atoms with Crippen molar-refractivity contribution in [2.45, 2.75) is 33.4 Å². The van der Waals surface area contributed by atoms with Crippen LogP contribution in [0, 0.1) is 0 Å². The van der Waals surface area contributed by atoms with Gasteiger partial charge in [-0.2, -0.15) is 0 Å². The van der Waals surface area contributed by atoms with Crippen LogP contribution in [0.4, 0.5) is 5.69 Å². The van der Waals surface area contributed by atoms with Crippen LogP contribution < -0.4 is 14.4 Å². The van der Waals surface area contributed by atoms with Crippen LogP contribution in [0.3, 0.4) is 0 Å². The lowest BCUT2D eigenvalue weighted by atomic mass is 10.2. The van der Waals surface area contributed by atoms with Crippen molar-refractivity contribution >= 4 is 17.5 Å². The van der Waals surface area contributed by atoms with E-state index in [1.54, 1.807) is 30.2 Å². The molecule has 0 aliphatic carbocycles. The molecule has 0 heterocycles. The van der Waals surface area contributed by atoms with Crippen molar-refractivity contribution in [3.63, 3.8) is 0 Å². The van der Waals surface area contributed by atoms with E-state index in [1.165, 1.54) is 18.9 Å². The first kappa shape index (κ1) is 21.3. The first-order valence-corrected chi connectivity index (χ1v) is 9.20. The standard InChI is InChI=1S/C22H28N2O4/c1-16(2)23(14-18-9-7-6-8-10-18)22(26)15-24(17(3)25)20-12-11-19(27-4)13-21(20)28-5/h6-13,16H,14-15H2,1-5H3. The fourth-order valence-corrected chi connectivity index (χ4v) is 2.94. The first-order valence-electron chi connectivity index (χ1n) is 9.20. The van der Waals surface area contributed by atoms with Crippen molar-refractivity contribution < 1.29 is 19.1 Å². The lowest BCUT2D eigenvalue weighted by molar-refractivity contribution is -0.133. The molecule has 6 nitrogen and oxygen atoms in total. The molecule has 150 valence electrons. The van der Waals surface area contributed by atoms with E-state index in [-0.39, 0.29) is 24.4 Å². The molecule has 2 aromatic rings. The Balaban J connectivity index is 2.27. The van der Waals surface area contributed by atoms with Crippen LogP contribution in [0.2, 0.25) is 0 Å². The first-order chi connectivity index (χ1) is 13.4. The van der Waals surface area contributed by atoms with Gasteiger partial charge in [-0.3, -0.25) is 14.5 Å². The number of amides is 2. The van der Waals surface area contributed by atoms with Crippen molar-refractivity contribution in [3.8, 4) is 11.5 Å². The van der Waals surface area contributed by atoms with Crippen molar-refractivity contribution in [2.24, 2.45) is 0 Å². The summed E-state index contributed by atoms with van der Waals surface area (Å²) in [6.45, 7) is 5.79. The van der Waals surface area contributed by atoms with E-state index in [0.717, 1.165) is 5.56 Å². The van der Waals surface area contributed by atoms with Crippen molar-refractivity contribution in [2.75, 3.05) is 25.7 Å². The zero-order chi connectivity index (χ0) is 20.7. The van der Waals surface area contributed by atoms with Crippen LogP contribution in [0.1, 0.15) is 26.3 Å². The predicted octanol–water partition coefficient (Wildman–Crippen LogP) is 3.49. The lowest BCUT2D eigenvalue weighted by Crippen LogP contribution is -2.44. The molecule has 2 aromatic carbocycles. The third-order valence-corrected chi connectivity index (χ3v) is 4.49. The molecule has 0 spiro atoms. The minimum atomic E-state index is -0.236. The van der Waals surface area contributed by atoms with Crippen molar-refractivity contribution in [1.29, 1.82) is 0 Å². The second-order valence-corrected chi connectivity index (χ2v) is 6.74. The summed E-state index contributed by atoms with van der Waals surface area (Å²) in [4.78, 5) is 28.6. The number of nitrogens with zero attached hydrogens (tertiary/aromatic N) is 2. The molecule has 0 saturated heterocycles. The molecule has 0 N–H and O–H groups in total. The summed E-state index contributed by atoms with van der Waals surface area (Å²) in [6, 6.07) is 15.0. The number of ether oxygens (including phenoxy) is 2. The maximum atomic E-state index is 13.1. The highest BCUT2D eigenvalue weighted by atomic mass is 16.5. The van der Waals surface area contributed by atoms with Gasteiger partial charge in [-0.15, -0.1) is 0 Å². The zero-order valence-electron chi connectivity index (χ0n) is 17.1. The quantitative estimate of drug-likeness (QED) is 0.699. The van der Waals surface area contributed by atoms with Gasteiger partial charge >= 0.3 is 0 Å². The summed E-state index contributed by atoms with van der Waals surface area (Å²) in [5.74, 6) is 0.719. The number of hydrogen-bond donors (Lipinski definition) is 0. The number of carbonyl (C=O) groups excluding carboxylic acids is 2. The average molecular weight is 384 g/mol. The summed E-state index contributed by atoms with van der Waals surface area (Å²) in [5, 5.41) is 0. The van der Waals surface area contributed by atoms with E-state index in [2.05, 4.69) is 0 Å². The highest BCUT2D eigenvalue weighted by Crippen LogP contribution is 2.32. The predicted molar refractivity (Wildman–Crippen MR) is 110 cm³/mol. The number of anilines is 1. The Hall–Kier alpha value is -3.02. The van der Waals surface area contributed by atoms with Gasteiger partial charge in [-0.05, 0) is 31.5 Å². The monoisotopic (exact) mass is 384 g/mol. The number of benzene rings is 2.